The van der Waals surface area contributed by atoms with Crippen LogP contribution >= 0.6 is 23.5 Å². The number of hydrogen-bond acceptors (Lipinski definition) is 4. The van der Waals surface area contributed by atoms with Crippen molar-refractivity contribution in [3.05, 3.63) is 35.4 Å². The minimum atomic E-state index is -4.46. The number of carbonyl (C=O) groups is 2. The van der Waals surface area contributed by atoms with Gasteiger partial charge >= 0.3 is 6.18 Å². The van der Waals surface area contributed by atoms with Gasteiger partial charge in [-0.05, 0) is 48.5 Å². The van der Waals surface area contributed by atoms with Crippen LogP contribution in [0, 0.1) is 0 Å². The summed E-state index contributed by atoms with van der Waals surface area (Å²) in [7, 11) is 0. The number of carbonyl (C=O) groups excluding carboxylic acids is 2. The SMILES string of the molecule is O=C(NCC(F)(F)F)[C@@H]1CCCN1C(=O)c1ccc(C2SCCCS2)cc1. The van der Waals surface area contributed by atoms with Crippen molar-refractivity contribution in [1.82, 2.24) is 10.2 Å². The Hall–Kier alpha value is -1.35. The minimum absolute atomic E-state index is 0.310. The molecule has 2 heterocycles. The number of alkyl halides is 3. The van der Waals surface area contributed by atoms with E-state index in [1.54, 1.807) is 12.1 Å². The lowest BCUT2D eigenvalue weighted by atomic mass is 10.1. The molecule has 0 saturated carbocycles. The van der Waals surface area contributed by atoms with Crippen molar-refractivity contribution < 1.29 is 22.8 Å². The number of amides is 2. The van der Waals surface area contributed by atoms with Crippen LogP contribution < -0.4 is 5.32 Å². The molecule has 2 aliphatic heterocycles. The number of benzene rings is 1. The largest absolute Gasteiger partial charge is 0.405 e. The maximum Gasteiger partial charge on any atom is 0.405 e. The minimum Gasteiger partial charge on any atom is -0.345 e. The monoisotopic (exact) mass is 418 g/mol. The van der Waals surface area contributed by atoms with E-state index in [1.165, 1.54) is 11.3 Å². The van der Waals surface area contributed by atoms with Crippen LogP contribution in [-0.4, -0.2) is 53.5 Å². The second-order valence-corrected chi connectivity index (χ2v) is 9.26. The van der Waals surface area contributed by atoms with Gasteiger partial charge in [0.05, 0.1) is 4.58 Å². The van der Waals surface area contributed by atoms with E-state index in [0.29, 0.717) is 29.5 Å². The maximum atomic E-state index is 12.8. The fourth-order valence-corrected chi connectivity index (χ4v) is 6.11. The summed E-state index contributed by atoms with van der Waals surface area (Å²) in [6.07, 6.45) is -2.28. The molecule has 1 N–H and O–H groups in total. The summed E-state index contributed by atoms with van der Waals surface area (Å²) in [5, 5.41) is 1.89. The van der Waals surface area contributed by atoms with Gasteiger partial charge in [0.1, 0.15) is 12.6 Å². The Morgan fingerprint density at radius 2 is 1.78 bits per heavy atom. The predicted molar refractivity (Wildman–Crippen MR) is 102 cm³/mol. The molecule has 2 fully saturated rings. The van der Waals surface area contributed by atoms with Gasteiger partial charge in [0, 0.05) is 12.1 Å². The second-order valence-electron chi connectivity index (χ2n) is 6.54. The third kappa shape index (κ3) is 5.34. The molecule has 1 aromatic rings. The number of nitrogens with one attached hydrogen (secondary N) is 1. The highest BCUT2D eigenvalue weighted by molar-refractivity contribution is 8.16. The number of thioether (sulfide) groups is 2. The Labute approximate surface area is 164 Å². The predicted octanol–water partition coefficient (Wildman–Crippen LogP) is 3.84. The van der Waals surface area contributed by atoms with E-state index in [1.807, 2.05) is 41.0 Å². The topological polar surface area (TPSA) is 49.4 Å². The molecule has 0 unspecified atom stereocenters. The molecule has 0 aliphatic carbocycles. The van der Waals surface area contributed by atoms with Crippen molar-refractivity contribution >= 4 is 35.3 Å². The molecule has 0 bridgehead atoms. The fourth-order valence-electron chi connectivity index (χ4n) is 3.22. The Balaban J connectivity index is 1.64. The van der Waals surface area contributed by atoms with Crippen LogP contribution in [0.3, 0.4) is 0 Å². The van der Waals surface area contributed by atoms with Crippen molar-refractivity contribution in [1.29, 1.82) is 0 Å². The summed E-state index contributed by atoms with van der Waals surface area (Å²) in [5.41, 5.74) is 1.61. The summed E-state index contributed by atoms with van der Waals surface area (Å²) >= 11 is 3.78. The van der Waals surface area contributed by atoms with Crippen molar-refractivity contribution in [2.75, 3.05) is 24.6 Å². The summed E-state index contributed by atoms with van der Waals surface area (Å²) in [5.74, 6) is 1.20. The van der Waals surface area contributed by atoms with Crippen LogP contribution in [0.25, 0.3) is 0 Å². The second kappa shape index (κ2) is 8.77. The van der Waals surface area contributed by atoms with Gasteiger partial charge in [-0.25, -0.2) is 0 Å². The lowest BCUT2D eigenvalue weighted by Gasteiger charge is -2.25. The number of nitrogens with zero attached hydrogens (tertiary/aromatic N) is 1. The number of likely N-dealkylation sites (tertiary alicyclic amines) is 1. The van der Waals surface area contributed by atoms with Gasteiger partial charge in [-0.15, -0.1) is 23.5 Å². The summed E-state index contributed by atoms with van der Waals surface area (Å²) in [4.78, 5) is 26.2. The van der Waals surface area contributed by atoms with Gasteiger partial charge in [-0.2, -0.15) is 13.2 Å². The number of halogens is 3. The molecule has 2 saturated heterocycles. The van der Waals surface area contributed by atoms with Gasteiger partial charge in [0.2, 0.25) is 5.91 Å². The van der Waals surface area contributed by atoms with Crippen molar-refractivity contribution in [3.8, 4) is 0 Å². The molecule has 0 spiro atoms. The van der Waals surface area contributed by atoms with E-state index in [9.17, 15) is 22.8 Å². The molecule has 1 aromatic carbocycles. The summed E-state index contributed by atoms with van der Waals surface area (Å²) in [6.45, 7) is -1.01. The first-order chi connectivity index (χ1) is 12.8. The highest BCUT2D eigenvalue weighted by Gasteiger charge is 2.36. The number of hydrogen-bond donors (Lipinski definition) is 1. The van der Waals surface area contributed by atoms with Crippen LogP contribution in [-0.2, 0) is 4.79 Å². The molecule has 0 radical (unpaired) electrons. The van der Waals surface area contributed by atoms with Crippen LogP contribution in [0.4, 0.5) is 13.2 Å². The Kier molecular flexibility index (Phi) is 6.62. The maximum absolute atomic E-state index is 12.8. The highest BCUT2D eigenvalue weighted by atomic mass is 32.2. The normalized spacial score (nSPS) is 21.3. The summed E-state index contributed by atoms with van der Waals surface area (Å²) < 4.78 is 37.3. The van der Waals surface area contributed by atoms with Crippen molar-refractivity contribution in [2.24, 2.45) is 0 Å². The van der Waals surface area contributed by atoms with E-state index >= 15 is 0 Å². The van der Waals surface area contributed by atoms with E-state index < -0.39 is 24.7 Å². The van der Waals surface area contributed by atoms with E-state index in [0.717, 1.165) is 17.1 Å². The van der Waals surface area contributed by atoms with Gasteiger partial charge in [-0.1, -0.05) is 12.1 Å². The van der Waals surface area contributed by atoms with Gasteiger partial charge in [-0.3, -0.25) is 9.59 Å². The number of rotatable bonds is 4. The molecule has 4 nitrogen and oxygen atoms in total. The van der Waals surface area contributed by atoms with Crippen molar-refractivity contribution in [2.45, 2.75) is 36.1 Å². The van der Waals surface area contributed by atoms with E-state index in [4.69, 9.17) is 0 Å². The molecule has 2 aliphatic rings. The standard InChI is InChI=1S/C18H21F3N2O2S2/c19-18(20,21)11-22-15(24)14-3-1-8-23(14)16(25)12-4-6-13(7-5-12)17-26-9-2-10-27-17/h4-7,14,17H,1-3,8-11H2,(H,22,24)/t14-/m0/s1. The Morgan fingerprint density at radius 1 is 1.11 bits per heavy atom. The zero-order chi connectivity index (χ0) is 19.4. The molecule has 0 aromatic heterocycles. The van der Waals surface area contributed by atoms with E-state index in [2.05, 4.69) is 0 Å². The molecular formula is C18H21F3N2O2S2. The Bertz CT molecular complexity index is 676. The Morgan fingerprint density at radius 3 is 2.41 bits per heavy atom. The zero-order valence-corrected chi connectivity index (χ0v) is 16.3. The average molecular weight is 419 g/mol. The highest BCUT2D eigenvalue weighted by Crippen LogP contribution is 2.43. The van der Waals surface area contributed by atoms with Crippen LogP contribution in [0.1, 0.15) is 39.8 Å². The fraction of sp³-hybridized carbons (Fsp3) is 0.556. The molecular weight excluding hydrogens is 397 g/mol. The summed E-state index contributed by atoms with van der Waals surface area (Å²) in [6, 6.07) is 6.51. The smallest absolute Gasteiger partial charge is 0.345 e. The van der Waals surface area contributed by atoms with Crippen LogP contribution in [0.5, 0.6) is 0 Å². The average Bonchev–Trinajstić information content (AvgIpc) is 3.16. The third-order valence-corrected chi connectivity index (χ3v) is 7.55. The lowest BCUT2D eigenvalue weighted by Crippen LogP contribution is -2.48. The zero-order valence-electron chi connectivity index (χ0n) is 14.6. The van der Waals surface area contributed by atoms with Gasteiger partial charge in [0.15, 0.2) is 0 Å². The molecule has 1 atom stereocenters. The molecule has 9 heteroatoms. The lowest BCUT2D eigenvalue weighted by molar-refractivity contribution is -0.140. The molecule has 148 valence electrons. The first-order valence-corrected chi connectivity index (χ1v) is 10.9. The first-order valence-electron chi connectivity index (χ1n) is 8.84. The van der Waals surface area contributed by atoms with Gasteiger partial charge < -0.3 is 10.2 Å². The first kappa shape index (κ1) is 20.4. The van der Waals surface area contributed by atoms with Crippen LogP contribution in [0.15, 0.2) is 24.3 Å². The quantitative estimate of drug-likeness (QED) is 0.807. The molecule has 27 heavy (non-hydrogen) atoms. The third-order valence-electron chi connectivity index (χ3n) is 4.54. The molecule has 3 rings (SSSR count). The van der Waals surface area contributed by atoms with Crippen molar-refractivity contribution in [3.63, 3.8) is 0 Å². The molecule has 2 amide bonds. The van der Waals surface area contributed by atoms with E-state index in [-0.39, 0.29) is 5.91 Å². The van der Waals surface area contributed by atoms with Crippen LogP contribution in [0.2, 0.25) is 0 Å². The van der Waals surface area contributed by atoms with Gasteiger partial charge in [0.25, 0.3) is 5.91 Å².